The smallest absolute Gasteiger partial charge is 0.0119 e. The predicted molar refractivity (Wildman–Crippen MR) is 48.8 cm³/mol. The van der Waals surface area contributed by atoms with E-state index in [1.54, 1.807) is 0 Å². The summed E-state index contributed by atoms with van der Waals surface area (Å²) in [5, 5.41) is 3.38. The quantitative estimate of drug-likeness (QED) is 0.643. The fourth-order valence-electron chi connectivity index (χ4n) is 1.64. The van der Waals surface area contributed by atoms with Crippen LogP contribution in [0.3, 0.4) is 0 Å². The summed E-state index contributed by atoms with van der Waals surface area (Å²) in [5.41, 5.74) is 0. The highest BCUT2D eigenvalue weighted by Gasteiger charge is 2.18. The summed E-state index contributed by atoms with van der Waals surface area (Å²) in [4.78, 5) is 2.49. The van der Waals surface area contributed by atoms with Gasteiger partial charge < -0.3 is 10.2 Å². The molecule has 0 aromatic heterocycles. The van der Waals surface area contributed by atoms with Gasteiger partial charge in [0, 0.05) is 12.1 Å². The van der Waals surface area contributed by atoms with Crippen LogP contribution < -0.4 is 5.32 Å². The van der Waals surface area contributed by atoms with Gasteiger partial charge in [0.1, 0.15) is 0 Å². The molecule has 0 atom stereocenters. The highest BCUT2D eigenvalue weighted by Crippen LogP contribution is 2.11. The largest absolute Gasteiger partial charge is 0.317 e. The molecule has 1 rings (SSSR count). The Morgan fingerprint density at radius 1 is 1.27 bits per heavy atom. The normalized spacial score (nSPS) is 21.5. The first-order valence-corrected chi connectivity index (χ1v) is 4.64. The molecule has 0 unspecified atom stereocenters. The zero-order chi connectivity index (χ0) is 8.27. The third kappa shape index (κ3) is 2.46. The third-order valence-corrected chi connectivity index (χ3v) is 2.70. The average molecular weight is 156 g/mol. The second kappa shape index (κ2) is 4.07. The van der Waals surface area contributed by atoms with Crippen molar-refractivity contribution in [2.24, 2.45) is 0 Å². The number of nitrogens with one attached hydrogen (secondary N) is 1. The molecule has 0 spiro atoms. The molecule has 0 radical (unpaired) electrons. The van der Waals surface area contributed by atoms with E-state index in [1.807, 2.05) is 0 Å². The SMILES string of the molecule is CC(C)N(C)C1CCNCC1. The molecule has 1 saturated heterocycles. The fourth-order valence-corrected chi connectivity index (χ4v) is 1.64. The maximum Gasteiger partial charge on any atom is 0.0119 e. The van der Waals surface area contributed by atoms with E-state index in [-0.39, 0.29) is 0 Å². The topological polar surface area (TPSA) is 15.3 Å². The van der Waals surface area contributed by atoms with Gasteiger partial charge in [-0.05, 0) is 46.8 Å². The zero-order valence-electron chi connectivity index (χ0n) is 7.93. The Hall–Kier alpha value is -0.0800. The van der Waals surface area contributed by atoms with Gasteiger partial charge in [-0.1, -0.05) is 0 Å². The van der Waals surface area contributed by atoms with Crippen LogP contribution in [0.15, 0.2) is 0 Å². The van der Waals surface area contributed by atoms with E-state index >= 15 is 0 Å². The number of rotatable bonds is 2. The summed E-state index contributed by atoms with van der Waals surface area (Å²) < 4.78 is 0. The number of piperidine rings is 1. The molecule has 0 aromatic carbocycles. The van der Waals surface area contributed by atoms with Crippen LogP contribution in [-0.4, -0.2) is 37.1 Å². The van der Waals surface area contributed by atoms with Gasteiger partial charge in [-0.3, -0.25) is 0 Å². The van der Waals surface area contributed by atoms with Crippen molar-refractivity contribution in [2.45, 2.75) is 38.8 Å². The van der Waals surface area contributed by atoms with Crippen LogP contribution in [0.25, 0.3) is 0 Å². The van der Waals surface area contributed by atoms with E-state index in [2.05, 4.69) is 31.1 Å². The van der Waals surface area contributed by atoms with Crippen molar-refractivity contribution in [1.29, 1.82) is 0 Å². The van der Waals surface area contributed by atoms with Gasteiger partial charge in [0.15, 0.2) is 0 Å². The minimum Gasteiger partial charge on any atom is -0.317 e. The first-order chi connectivity index (χ1) is 5.22. The first-order valence-electron chi connectivity index (χ1n) is 4.64. The molecule has 0 bridgehead atoms. The molecule has 1 aliphatic rings. The van der Waals surface area contributed by atoms with Crippen LogP contribution in [0.4, 0.5) is 0 Å². The van der Waals surface area contributed by atoms with Crippen molar-refractivity contribution < 1.29 is 0 Å². The van der Waals surface area contributed by atoms with Gasteiger partial charge >= 0.3 is 0 Å². The van der Waals surface area contributed by atoms with E-state index < -0.39 is 0 Å². The average Bonchev–Trinajstić information content (AvgIpc) is 2.05. The Morgan fingerprint density at radius 2 is 1.82 bits per heavy atom. The summed E-state index contributed by atoms with van der Waals surface area (Å²) in [6, 6.07) is 1.51. The van der Waals surface area contributed by atoms with E-state index in [4.69, 9.17) is 0 Å². The van der Waals surface area contributed by atoms with Crippen LogP contribution in [0.2, 0.25) is 0 Å². The molecule has 1 fully saturated rings. The van der Waals surface area contributed by atoms with Crippen LogP contribution in [0.1, 0.15) is 26.7 Å². The molecular formula is C9H20N2. The standard InChI is InChI=1S/C9H20N2/c1-8(2)11(3)9-4-6-10-7-5-9/h8-10H,4-7H2,1-3H3. The van der Waals surface area contributed by atoms with Crippen LogP contribution in [0, 0.1) is 0 Å². The van der Waals surface area contributed by atoms with E-state index in [0.29, 0.717) is 6.04 Å². The van der Waals surface area contributed by atoms with Crippen molar-refractivity contribution in [2.75, 3.05) is 20.1 Å². The molecule has 66 valence electrons. The van der Waals surface area contributed by atoms with Crippen molar-refractivity contribution in [3.63, 3.8) is 0 Å². The summed E-state index contributed by atoms with van der Waals surface area (Å²) in [6.45, 7) is 6.92. The number of nitrogens with zero attached hydrogens (tertiary/aromatic N) is 1. The first kappa shape index (κ1) is 9.01. The zero-order valence-corrected chi connectivity index (χ0v) is 7.93. The second-order valence-electron chi connectivity index (χ2n) is 3.74. The molecule has 2 heteroatoms. The Kier molecular flexibility index (Phi) is 3.34. The molecule has 0 saturated carbocycles. The van der Waals surface area contributed by atoms with Crippen molar-refractivity contribution >= 4 is 0 Å². The minimum absolute atomic E-state index is 0.693. The van der Waals surface area contributed by atoms with Crippen molar-refractivity contribution in [3.05, 3.63) is 0 Å². The Labute approximate surface area is 70.0 Å². The molecule has 0 amide bonds. The summed E-state index contributed by atoms with van der Waals surface area (Å²) in [5.74, 6) is 0. The molecule has 1 heterocycles. The molecular weight excluding hydrogens is 136 g/mol. The van der Waals surface area contributed by atoms with Gasteiger partial charge in [0.2, 0.25) is 0 Å². The van der Waals surface area contributed by atoms with Crippen LogP contribution in [-0.2, 0) is 0 Å². The van der Waals surface area contributed by atoms with E-state index in [9.17, 15) is 0 Å². The molecule has 1 N–H and O–H groups in total. The molecule has 11 heavy (non-hydrogen) atoms. The van der Waals surface area contributed by atoms with Crippen molar-refractivity contribution in [1.82, 2.24) is 10.2 Å². The lowest BCUT2D eigenvalue weighted by atomic mass is 10.0. The van der Waals surface area contributed by atoms with Crippen LogP contribution in [0.5, 0.6) is 0 Å². The number of hydrogen-bond donors (Lipinski definition) is 1. The molecule has 2 nitrogen and oxygen atoms in total. The lowest BCUT2D eigenvalue weighted by Crippen LogP contribution is -2.43. The van der Waals surface area contributed by atoms with Gasteiger partial charge in [0.05, 0.1) is 0 Å². The maximum absolute atomic E-state index is 3.38. The van der Waals surface area contributed by atoms with Gasteiger partial charge in [0.25, 0.3) is 0 Å². The Bertz CT molecular complexity index is 106. The summed E-state index contributed by atoms with van der Waals surface area (Å²) in [6.07, 6.45) is 2.63. The Morgan fingerprint density at radius 3 is 2.27 bits per heavy atom. The Balaban J connectivity index is 2.32. The predicted octanol–water partition coefficient (Wildman–Crippen LogP) is 1.08. The number of hydrogen-bond acceptors (Lipinski definition) is 2. The highest BCUT2D eigenvalue weighted by atomic mass is 15.2. The van der Waals surface area contributed by atoms with Gasteiger partial charge in [-0.15, -0.1) is 0 Å². The van der Waals surface area contributed by atoms with Gasteiger partial charge in [-0.2, -0.15) is 0 Å². The second-order valence-corrected chi connectivity index (χ2v) is 3.74. The van der Waals surface area contributed by atoms with E-state index in [1.165, 1.54) is 25.9 Å². The third-order valence-electron chi connectivity index (χ3n) is 2.70. The molecule has 0 aromatic rings. The monoisotopic (exact) mass is 156 g/mol. The maximum atomic E-state index is 3.38. The van der Waals surface area contributed by atoms with Gasteiger partial charge in [-0.25, -0.2) is 0 Å². The minimum atomic E-state index is 0.693. The lowest BCUT2D eigenvalue weighted by Gasteiger charge is -2.34. The lowest BCUT2D eigenvalue weighted by molar-refractivity contribution is 0.161. The molecule has 1 aliphatic heterocycles. The summed E-state index contributed by atoms with van der Waals surface area (Å²) >= 11 is 0. The fraction of sp³-hybridized carbons (Fsp3) is 1.00. The summed E-state index contributed by atoms with van der Waals surface area (Å²) in [7, 11) is 2.24. The van der Waals surface area contributed by atoms with E-state index in [0.717, 1.165) is 6.04 Å². The highest BCUT2D eigenvalue weighted by molar-refractivity contribution is 4.77. The van der Waals surface area contributed by atoms with Crippen LogP contribution >= 0.6 is 0 Å². The van der Waals surface area contributed by atoms with Crippen molar-refractivity contribution in [3.8, 4) is 0 Å². The molecule has 0 aliphatic carbocycles.